The van der Waals surface area contributed by atoms with E-state index in [9.17, 15) is 10.0 Å². The largest absolute Gasteiger partial charge is 0.493 e. The number of nitrogens with zero attached hydrogens (tertiary/aromatic N) is 3. The van der Waals surface area contributed by atoms with Crippen molar-refractivity contribution in [2.24, 2.45) is 5.18 Å². The fourth-order valence-corrected chi connectivity index (χ4v) is 2.22. The van der Waals surface area contributed by atoms with E-state index in [0.717, 1.165) is 5.52 Å². The first-order chi connectivity index (χ1) is 9.93. The Morgan fingerprint density at radius 3 is 2.86 bits per heavy atom. The van der Waals surface area contributed by atoms with Crippen molar-refractivity contribution in [3.05, 3.63) is 28.1 Å². The zero-order valence-electron chi connectivity index (χ0n) is 11.4. The molecule has 1 heterocycles. The first kappa shape index (κ1) is 15.5. The summed E-state index contributed by atoms with van der Waals surface area (Å²) < 4.78 is 1.70. The number of aromatic nitrogens is 1. The third-order valence-electron chi connectivity index (χ3n) is 2.80. The van der Waals surface area contributed by atoms with Gasteiger partial charge in [0.1, 0.15) is 5.69 Å². The van der Waals surface area contributed by atoms with Gasteiger partial charge in [0.25, 0.3) is 5.11 Å². The maximum atomic E-state index is 10.4. The van der Waals surface area contributed by atoms with Gasteiger partial charge in [-0.25, -0.2) is 0 Å². The van der Waals surface area contributed by atoms with Crippen molar-refractivity contribution in [2.45, 2.75) is 6.67 Å². The summed E-state index contributed by atoms with van der Waals surface area (Å²) in [5.74, 6) is 0.00201. The highest BCUT2D eigenvalue weighted by molar-refractivity contribution is 7.80. The minimum Gasteiger partial charge on any atom is -0.493 e. The minimum atomic E-state index is -0.259. The summed E-state index contributed by atoms with van der Waals surface area (Å²) in [5, 5.41) is 13.9. The molecule has 1 aromatic heterocycles. The van der Waals surface area contributed by atoms with Gasteiger partial charge >= 0.3 is 0 Å². The quantitative estimate of drug-likeness (QED) is 0.455. The van der Waals surface area contributed by atoms with Gasteiger partial charge in [0.2, 0.25) is 5.88 Å². The van der Waals surface area contributed by atoms with E-state index < -0.39 is 0 Å². The van der Waals surface area contributed by atoms with E-state index in [1.165, 1.54) is 0 Å². The van der Waals surface area contributed by atoms with Gasteiger partial charge in [0, 0.05) is 15.6 Å². The molecule has 0 amide bonds. The van der Waals surface area contributed by atoms with Crippen LogP contribution in [0.5, 0.6) is 5.88 Å². The lowest BCUT2D eigenvalue weighted by Gasteiger charge is -2.13. The zero-order chi connectivity index (χ0) is 15.6. The first-order valence-corrected chi connectivity index (χ1v) is 6.77. The second kappa shape index (κ2) is 6.25. The van der Waals surface area contributed by atoms with Crippen LogP contribution in [0.1, 0.15) is 0 Å². The van der Waals surface area contributed by atoms with Gasteiger partial charge in [-0.1, -0.05) is 11.6 Å². The fourth-order valence-electron chi connectivity index (χ4n) is 2.00. The summed E-state index contributed by atoms with van der Waals surface area (Å²) in [4.78, 5) is 12.2. The normalized spacial score (nSPS) is 10.9. The average molecular weight is 328 g/mol. The number of halogens is 1. The van der Waals surface area contributed by atoms with Crippen LogP contribution in [0.25, 0.3) is 10.9 Å². The van der Waals surface area contributed by atoms with Crippen molar-refractivity contribution < 1.29 is 5.11 Å². The molecule has 0 bridgehead atoms. The summed E-state index contributed by atoms with van der Waals surface area (Å²) >= 11 is 10.7. The van der Waals surface area contributed by atoms with E-state index in [1.54, 1.807) is 16.7 Å². The molecule has 2 aromatic rings. The lowest BCUT2D eigenvalue weighted by molar-refractivity contribution is 0.304. The summed E-state index contributed by atoms with van der Waals surface area (Å²) in [6.45, 7) is 0.474. The average Bonchev–Trinajstić information content (AvgIpc) is 2.68. The molecule has 2 rings (SSSR count). The number of benzene rings is 1. The molecule has 0 saturated heterocycles. The molecule has 3 N–H and O–H groups in total. The molecule has 7 nitrogen and oxygen atoms in total. The van der Waals surface area contributed by atoms with E-state index >= 15 is 0 Å². The topological polar surface area (TPSA) is 81.9 Å². The summed E-state index contributed by atoms with van der Waals surface area (Å²) in [6.07, 6.45) is 0. The zero-order valence-corrected chi connectivity index (χ0v) is 13.0. The second-order valence-corrected chi connectivity index (χ2v) is 5.48. The molecule has 9 heteroatoms. The Kier molecular flexibility index (Phi) is 4.61. The number of thiocarbonyl (C=S) groups is 1. The highest BCUT2D eigenvalue weighted by Gasteiger charge is 2.17. The Morgan fingerprint density at radius 1 is 1.52 bits per heavy atom. The van der Waals surface area contributed by atoms with Crippen LogP contribution in [-0.4, -0.2) is 33.8 Å². The van der Waals surface area contributed by atoms with Gasteiger partial charge < -0.3 is 5.11 Å². The van der Waals surface area contributed by atoms with Crippen molar-refractivity contribution in [1.29, 1.82) is 0 Å². The maximum absolute atomic E-state index is 10.4. The lowest BCUT2D eigenvalue weighted by Crippen LogP contribution is -2.25. The van der Waals surface area contributed by atoms with Gasteiger partial charge in [0.05, 0.1) is 12.2 Å². The van der Waals surface area contributed by atoms with E-state index in [2.05, 4.69) is 28.2 Å². The Balaban J connectivity index is 2.51. The second-order valence-electron chi connectivity index (χ2n) is 4.66. The highest BCUT2D eigenvalue weighted by atomic mass is 35.5. The van der Waals surface area contributed by atoms with Crippen molar-refractivity contribution in [3.8, 4) is 5.88 Å². The van der Waals surface area contributed by atoms with Gasteiger partial charge in [-0.3, -0.25) is 20.3 Å². The monoisotopic (exact) mass is 327 g/mol. The van der Waals surface area contributed by atoms with Crippen LogP contribution < -0.4 is 10.9 Å². The van der Waals surface area contributed by atoms with Crippen LogP contribution in [0.4, 0.5) is 5.69 Å². The Bertz CT molecular complexity index is 701. The van der Waals surface area contributed by atoms with Crippen molar-refractivity contribution in [2.75, 3.05) is 19.5 Å². The standard InChI is InChI=1S/C12H14ClN5O2S/c1-17(2)6-18-9-4-3-7(13)5-8(9)10(11(18)19)14-15-12(21)16-20/h3-5,14,19H,6H2,1-2H3,(H,15,21). The number of hydrazine groups is 1. The van der Waals surface area contributed by atoms with Crippen LogP contribution in [0.3, 0.4) is 0 Å². The third-order valence-corrected chi connectivity index (χ3v) is 3.21. The number of anilines is 1. The first-order valence-electron chi connectivity index (χ1n) is 5.99. The van der Waals surface area contributed by atoms with Gasteiger partial charge in [-0.2, -0.15) is 0 Å². The SMILES string of the molecule is CN(C)Cn1c(O)c(NNC(=S)N=O)c2cc(Cl)ccc21. The smallest absolute Gasteiger partial charge is 0.254 e. The molecule has 0 aliphatic rings. The van der Waals surface area contributed by atoms with Crippen molar-refractivity contribution in [3.63, 3.8) is 0 Å². The number of fused-ring (bicyclic) bond motifs is 1. The lowest BCUT2D eigenvalue weighted by atomic mass is 10.2. The Morgan fingerprint density at radius 2 is 2.24 bits per heavy atom. The van der Waals surface area contributed by atoms with Crippen LogP contribution >= 0.6 is 23.8 Å². The molecule has 0 radical (unpaired) electrons. The van der Waals surface area contributed by atoms with Gasteiger partial charge in [-0.15, -0.1) is 4.91 Å². The minimum absolute atomic E-state index is 0.00201. The predicted octanol–water partition coefficient (Wildman–Crippen LogP) is 2.49. The summed E-state index contributed by atoms with van der Waals surface area (Å²) in [7, 11) is 3.77. The highest BCUT2D eigenvalue weighted by Crippen LogP contribution is 2.37. The molecule has 0 aliphatic heterocycles. The number of rotatable bonds is 4. The fraction of sp³-hybridized carbons (Fsp3) is 0.250. The molecule has 0 saturated carbocycles. The van der Waals surface area contributed by atoms with Gasteiger partial charge in [0.15, 0.2) is 0 Å². The molecular formula is C12H14ClN5O2S. The molecule has 21 heavy (non-hydrogen) atoms. The molecule has 0 atom stereocenters. The van der Waals surface area contributed by atoms with Crippen LogP contribution in [0.15, 0.2) is 23.4 Å². The summed E-state index contributed by atoms with van der Waals surface area (Å²) in [5.41, 5.74) is 6.30. The number of hydrogen-bond acceptors (Lipinski definition) is 5. The summed E-state index contributed by atoms with van der Waals surface area (Å²) in [6, 6.07) is 5.26. The number of nitroso groups, excluding NO2 is 1. The van der Waals surface area contributed by atoms with E-state index in [4.69, 9.17) is 11.6 Å². The predicted molar refractivity (Wildman–Crippen MR) is 87.5 cm³/mol. The van der Waals surface area contributed by atoms with Crippen LogP contribution in [0, 0.1) is 4.91 Å². The van der Waals surface area contributed by atoms with Gasteiger partial charge in [-0.05, 0) is 44.5 Å². The van der Waals surface area contributed by atoms with E-state index in [-0.39, 0.29) is 11.0 Å². The molecule has 0 aliphatic carbocycles. The molecule has 0 unspecified atom stereocenters. The van der Waals surface area contributed by atoms with E-state index in [0.29, 0.717) is 22.8 Å². The molecule has 0 fully saturated rings. The van der Waals surface area contributed by atoms with E-state index in [1.807, 2.05) is 25.1 Å². The molecular weight excluding hydrogens is 314 g/mol. The van der Waals surface area contributed by atoms with Crippen molar-refractivity contribution in [1.82, 2.24) is 14.9 Å². The number of nitrogens with one attached hydrogen (secondary N) is 2. The third kappa shape index (κ3) is 3.23. The Hall–Kier alpha value is -1.90. The van der Waals surface area contributed by atoms with Crippen molar-refractivity contribution >= 4 is 45.5 Å². The maximum Gasteiger partial charge on any atom is 0.254 e. The Labute approximate surface area is 131 Å². The number of aromatic hydroxyl groups is 1. The van der Waals surface area contributed by atoms with Crippen LogP contribution in [-0.2, 0) is 6.67 Å². The number of hydrogen-bond donors (Lipinski definition) is 3. The molecule has 1 aromatic carbocycles. The van der Waals surface area contributed by atoms with Crippen LogP contribution in [0.2, 0.25) is 5.02 Å². The molecule has 0 spiro atoms. The molecule has 112 valence electrons.